The third-order valence-corrected chi connectivity index (χ3v) is 3.30. The highest BCUT2D eigenvalue weighted by atomic mass is 19.3. The standard InChI is InChI=1S/C15H19F2N3O/c1-10-9-14(18)20(19-10)11(2)3-4-12-5-7-13(8-6-12)21-15(16)17/h5-9,11,15H,3-4,18H2,1-2H3. The van der Waals surface area contributed by atoms with Gasteiger partial charge in [0, 0.05) is 6.07 Å². The predicted molar refractivity (Wildman–Crippen MR) is 77.5 cm³/mol. The van der Waals surface area contributed by atoms with E-state index in [2.05, 4.69) is 16.8 Å². The molecule has 2 aromatic rings. The fourth-order valence-corrected chi connectivity index (χ4v) is 2.23. The molecule has 0 amide bonds. The summed E-state index contributed by atoms with van der Waals surface area (Å²) in [6.45, 7) is 1.17. The van der Waals surface area contributed by atoms with E-state index >= 15 is 0 Å². The lowest BCUT2D eigenvalue weighted by Gasteiger charge is -2.14. The van der Waals surface area contributed by atoms with Gasteiger partial charge < -0.3 is 10.5 Å². The number of anilines is 1. The number of hydrogen-bond donors (Lipinski definition) is 1. The van der Waals surface area contributed by atoms with Crippen molar-refractivity contribution >= 4 is 5.82 Å². The molecule has 6 heteroatoms. The van der Waals surface area contributed by atoms with E-state index in [9.17, 15) is 8.78 Å². The molecule has 4 nitrogen and oxygen atoms in total. The Balaban J connectivity index is 1.92. The van der Waals surface area contributed by atoms with Gasteiger partial charge in [0.25, 0.3) is 0 Å². The van der Waals surface area contributed by atoms with Crippen LogP contribution in [-0.4, -0.2) is 16.4 Å². The van der Waals surface area contributed by atoms with Crippen molar-refractivity contribution in [3.8, 4) is 5.75 Å². The highest BCUT2D eigenvalue weighted by Crippen LogP contribution is 2.20. The first-order valence-corrected chi connectivity index (χ1v) is 6.81. The van der Waals surface area contributed by atoms with Gasteiger partial charge in [0.05, 0.1) is 11.7 Å². The lowest BCUT2D eigenvalue weighted by molar-refractivity contribution is -0.0498. The van der Waals surface area contributed by atoms with Crippen LogP contribution in [0.15, 0.2) is 30.3 Å². The van der Waals surface area contributed by atoms with Crippen LogP contribution in [-0.2, 0) is 6.42 Å². The predicted octanol–water partition coefficient (Wildman–Crippen LogP) is 3.57. The minimum Gasteiger partial charge on any atom is -0.435 e. The molecule has 1 atom stereocenters. The molecule has 2 N–H and O–H groups in total. The van der Waals surface area contributed by atoms with Gasteiger partial charge in [-0.1, -0.05) is 12.1 Å². The van der Waals surface area contributed by atoms with Gasteiger partial charge in [0.1, 0.15) is 11.6 Å². The Bertz CT molecular complexity index is 581. The summed E-state index contributed by atoms with van der Waals surface area (Å²) in [5, 5.41) is 4.36. The SMILES string of the molecule is Cc1cc(N)n(C(C)CCc2ccc(OC(F)F)cc2)n1. The van der Waals surface area contributed by atoms with Crippen molar-refractivity contribution in [1.82, 2.24) is 9.78 Å². The Kier molecular flexibility index (Phi) is 4.77. The quantitative estimate of drug-likeness (QED) is 0.886. The molecule has 0 saturated heterocycles. The van der Waals surface area contributed by atoms with Crippen molar-refractivity contribution in [3.63, 3.8) is 0 Å². The third kappa shape index (κ3) is 4.18. The summed E-state index contributed by atoms with van der Waals surface area (Å²) in [7, 11) is 0. The van der Waals surface area contributed by atoms with E-state index in [1.165, 1.54) is 0 Å². The number of rotatable bonds is 6. The van der Waals surface area contributed by atoms with Crippen LogP contribution in [0.25, 0.3) is 0 Å². The van der Waals surface area contributed by atoms with Gasteiger partial charge in [0.2, 0.25) is 0 Å². The molecule has 2 rings (SSSR count). The maximum absolute atomic E-state index is 12.1. The zero-order chi connectivity index (χ0) is 15.4. The Morgan fingerprint density at radius 1 is 1.29 bits per heavy atom. The van der Waals surface area contributed by atoms with Crippen molar-refractivity contribution in [2.45, 2.75) is 39.3 Å². The average Bonchev–Trinajstić information content (AvgIpc) is 2.76. The summed E-state index contributed by atoms with van der Waals surface area (Å²) in [4.78, 5) is 0. The van der Waals surface area contributed by atoms with E-state index in [-0.39, 0.29) is 11.8 Å². The van der Waals surface area contributed by atoms with E-state index < -0.39 is 6.61 Å². The first-order valence-electron chi connectivity index (χ1n) is 6.81. The number of alkyl halides is 2. The molecule has 1 aromatic heterocycles. The molecule has 1 heterocycles. The van der Waals surface area contributed by atoms with Crippen molar-refractivity contribution in [2.24, 2.45) is 0 Å². The molecular formula is C15H19F2N3O. The van der Waals surface area contributed by atoms with Crippen molar-refractivity contribution in [1.29, 1.82) is 0 Å². The summed E-state index contributed by atoms with van der Waals surface area (Å²) < 4.78 is 30.2. The molecule has 0 spiro atoms. The Labute approximate surface area is 122 Å². The molecule has 0 aliphatic heterocycles. The van der Waals surface area contributed by atoms with Gasteiger partial charge in [-0.3, -0.25) is 0 Å². The smallest absolute Gasteiger partial charge is 0.387 e. The molecule has 114 valence electrons. The van der Waals surface area contributed by atoms with Crippen LogP contribution in [0.2, 0.25) is 0 Å². The third-order valence-electron chi connectivity index (χ3n) is 3.30. The number of halogens is 2. The fourth-order valence-electron chi connectivity index (χ4n) is 2.23. The lowest BCUT2D eigenvalue weighted by Crippen LogP contribution is -2.11. The summed E-state index contributed by atoms with van der Waals surface area (Å²) in [6, 6.07) is 8.71. The van der Waals surface area contributed by atoms with Crippen LogP contribution in [0.4, 0.5) is 14.6 Å². The molecule has 0 aliphatic carbocycles. The number of nitrogen functional groups attached to an aromatic ring is 1. The monoisotopic (exact) mass is 295 g/mol. The Morgan fingerprint density at radius 3 is 2.48 bits per heavy atom. The van der Waals surface area contributed by atoms with Crippen LogP contribution in [0, 0.1) is 6.92 Å². The van der Waals surface area contributed by atoms with Gasteiger partial charge in [-0.05, 0) is 44.4 Å². The number of nitrogens with zero attached hydrogens (tertiary/aromatic N) is 2. The van der Waals surface area contributed by atoms with Gasteiger partial charge in [-0.15, -0.1) is 0 Å². The van der Waals surface area contributed by atoms with E-state index in [0.717, 1.165) is 24.1 Å². The number of ether oxygens (including phenoxy) is 1. The van der Waals surface area contributed by atoms with Crippen LogP contribution < -0.4 is 10.5 Å². The molecular weight excluding hydrogens is 276 g/mol. The summed E-state index contributed by atoms with van der Waals surface area (Å²) in [5.74, 6) is 0.828. The van der Waals surface area contributed by atoms with Crippen molar-refractivity contribution < 1.29 is 13.5 Å². The topological polar surface area (TPSA) is 53.1 Å². The molecule has 0 bridgehead atoms. The highest BCUT2D eigenvalue weighted by molar-refractivity contribution is 5.31. The minimum atomic E-state index is -2.79. The molecule has 0 fully saturated rings. The number of aryl methyl sites for hydroxylation is 2. The van der Waals surface area contributed by atoms with Gasteiger partial charge in [-0.2, -0.15) is 13.9 Å². The van der Waals surface area contributed by atoms with Crippen LogP contribution >= 0.6 is 0 Å². The number of aromatic nitrogens is 2. The molecule has 1 aromatic carbocycles. The first-order chi connectivity index (χ1) is 9.95. The molecule has 21 heavy (non-hydrogen) atoms. The Morgan fingerprint density at radius 2 is 1.95 bits per heavy atom. The molecule has 0 aliphatic rings. The zero-order valence-corrected chi connectivity index (χ0v) is 12.1. The Hall–Kier alpha value is -2.11. The van der Waals surface area contributed by atoms with Gasteiger partial charge in [-0.25, -0.2) is 4.68 Å². The van der Waals surface area contributed by atoms with Crippen molar-refractivity contribution in [2.75, 3.05) is 5.73 Å². The second-order valence-corrected chi connectivity index (χ2v) is 5.07. The maximum atomic E-state index is 12.1. The second-order valence-electron chi connectivity index (χ2n) is 5.07. The van der Waals surface area contributed by atoms with Crippen LogP contribution in [0.5, 0.6) is 5.75 Å². The van der Waals surface area contributed by atoms with E-state index in [0.29, 0.717) is 5.82 Å². The molecule has 0 radical (unpaired) electrons. The van der Waals surface area contributed by atoms with Crippen molar-refractivity contribution in [3.05, 3.63) is 41.6 Å². The van der Waals surface area contributed by atoms with Gasteiger partial charge in [0.15, 0.2) is 0 Å². The zero-order valence-electron chi connectivity index (χ0n) is 12.1. The minimum absolute atomic E-state index is 0.175. The highest BCUT2D eigenvalue weighted by Gasteiger charge is 2.10. The second kappa shape index (κ2) is 6.56. The number of hydrogen-bond acceptors (Lipinski definition) is 3. The van der Waals surface area contributed by atoms with E-state index in [1.54, 1.807) is 24.3 Å². The summed E-state index contributed by atoms with van der Waals surface area (Å²) in [6.07, 6.45) is 1.68. The summed E-state index contributed by atoms with van der Waals surface area (Å²) in [5.41, 5.74) is 7.85. The number of nitrogens with two attached hydrogens (primary N) is 1. The number of benzene rings is 1. The lowest BCUT2D eigenvalue weighted by atomic mass is 10.1. The largest absolute Gasteiger partial charge is 0.435 e. The van der Waals surface area contributed by atoms with E-state index in [4.69, 9.17) is 5.73 Å². The first kappa shape index (κ1) is 15.3. The summed E-state index contributed by atoms with van der Waals surface area (Å²) >= 11 is 0. The van der Waals surface area contributed by atoms with Crippen LogP contribution in [0.1, 0.15) is 30.6 Å². The van der Waals surface area contributed by atoms with Crippen LogP contribution in [0.3, 0.4) is 0 Å². The maximum Gasteiger partial charge on any atom is 0.387 e. The van der Waals surface area contributed by atoms with Gasteiger partial charge >= 0.3 is 6.61 Å². The average molecular weight is 295 g/mol. The fraction of sp³-hybridized carbons (Fsp3) is 0.400. The molecule has 0 saturated carbocycles. The van der Waals surface area contributed by atoms with E-state index in [1.807, 2.05) is 17.7 Å². The normalized spacial score (nSPS) is 12.6. The molecule has 1 unspecified atom stereocenters.